The quantitative estimate of drug-likeness (QED) is 0.490. The van der Waals surface area contributed by atoms with Crippen LogP contribution < -0.4 is 10.6 Å². The van der Waals surface area contributed by atoms with Crippen molar-refractivity contribution in [2.75, 3.05) is 17.7 Å². The average Bonchev–Trinajstić information content (AvgIpc) is 2.73. The van der Waals surface area contributed by atoms with Crippen LogP contribution >= 0.6 is 12.4 Å². The van der Waals surface area contributed by atoms with Crippen LogP contribution in [0, 0.1) is 0 Å². The van der Waals surface area contributed by atoms with E-state index in [2.05, 4.69) is 44.6 Å². The molecule has 0 spiro atoms. The summed E-state index contributed by atoms with van der Waals surface area (Å²) in [5.41, 5.74) is 4.78. The van der Waals surface area contributed by atoms with Crippen LogP contribution in [0.1, 0.15) is 25.3 Å². The van der Waals surface area contributed by atoms with Gasteiger partial charge in [0, 0.05) is 25.0 Å². The summed E-state index contributed by atoms with van der Waals surface area (Å²) in [5.74, 6) is 2.57. The average molecular weight is 408 g/mol. The zero-order chi connectivity index (χ0) is 19.5. The maximum absolute atomic E-state index is 4.70. The summed E-state index contributed by atoms with van der Waals surface area (Å²) in [4.78, 5) is 13.5. The molecule has 4 rings (SSSR count). The second kappa shape index (κ2) is 8.79. The zero-order valence-corrected chi connectivity index (χ0v) is 17.2. The number of nitrogens with one attached hydrogen (secondary N) is 2. The number of hydrogen-bond acceptors (Lipinski definition) is 7. The normalized spacial score (nSPS) is 10.6. The molecule has 2 N–H and O–H groups in total. The van der Waals surface area contributed by atoms with E-state index in [1.165, 1.54) is 0 Å². The Balaban J connectivity index is 0.00000240. The van der Waals surface area contributed by atoms with Crippen LogP contribution in [0.25, 0.3) is 22.2 Å². The van der Waals surface area contributed by atoms with Gasteiger partial charge in [0.15, 0.2) is 5.82 Å². The predicted molar refractivity (Wildman–Crippen MR) is 119 cm³/mol. The van der Waals surface area contributed by atoms with Gasteiger partial charge in [0.25, 0.3) is 0 Å². The van der Waals surface area contributed by atoms with Crippen molar-refractivity contribution in [1.29, 1.82) is 0 Å². The van der Waals surface area contributed by atoms with Gasteiger partial charge in [-0.3, -0.25) is 4.98 Å². The molecule has 0 bridgehead atoms. The highest BCUT2D eigenvalue weighted by molar-refractivity contribution is 5.85. The molecule has 0 radical (unpaired) electrons. The number of fused-ring (bicyclic) bond motifs is 1. The summed E-state index contributed by atoms with van der Waals surface area (Å²) in [6.07, 6.45) is 5.41. The van der Waals surface area contributed by atoms with Crippen molar-refractivity contribution >= 4 is 40.9 Å². The van der Waals surface area contributed by atoms with E-state index in [0.717, 1.165) is 33.5 Å². The molecule has 0 aliphatic carbocycles. The SMILES string of the molecule is CNc1cc(-c2cnc3ccc(Nc4cc(C(C)C)cnn4)nc3c2)ccn1.Cl. The number of halogens is 1. The molecule has 0 aliphatic rings. The van der Waals surface area contributed by atoms with Crippen LogP contribution in [0.3, 0.4) is 0 Å². The molecule has 7 nitrogen and oxygen atoms in total. The number of rotatable bonds is 5. The Kier molecular flexibility index (Phi) is 6.19. The van der Waals surface area contributed by atoms with E-state index < -0.39 is 0 Å². The van der Waals surface area contributed by atoms with E-state index >= 15 is 0 Å². The lowest BCUT2D eigenvalue weighted by atomic mass is 10.1. The van der Waals surface area contributed by atoms with Gasteiger partial charge < -0.3 is 10.6 Å². The third kappa shape index (κ3) is 4.57. The first-order chi connectivity index (χ1) is 13.6. The minimum atomic E-state index is 0. The summed E-state index contributed by atoms with van der Waals surface area (Å²) in [6.45, 7) is 4.25. The maximum Gasteiger partial charge on any atom is 0.154 e. The minimum Gasteiger partial charge on any atom is -0.373 e. The van der Waals surface area contributed by atoms with Crippen LogP contribution in [0.15, 0.2) is 55.0 Å². The Morgan fingerprint density at radius 3 is 2.48 bits per heavy atom. The number of pyridine rings is 3. The van der Waals surface area contributed by atoms with Crippen LogP contribution in [0.2, 0.25) is 0 Å². The molecular formula is C21H22ClN7. The summed E-state index contributed by atoms with van der Waals surface area (Å²) < 4.78 is 0. The molecule has 0 aliphatic heterocycles. The highest BCUT2D eigenvalue weighted by Crippen LogP contribution is 2.25. The van der Waals surface area contributed by atoms with Gasteiger partial charge in [-0.25, -0.2) is 9.97 Å². The third-order valence-corrected chi connectivity index (χ3v) is 4.49. The fourth-order valence-electron chi connectivity index (χ4n) is 2.87. The molecule has 29 heavy (non-hydrogen) atoms. The number of anilines is 3. The fraction of sp³-hybridized carbons (Fsp3) is 0.190. The fourth-order valence-corrected chi connectivity index (χ4v) is 2.87. The molecule has 0 unspecified atom stereocenters. The van der Waals surface area contributed by atoms with Gasteiger partial charge in [0.2, 0.25) is 0 Å². The molecule has 0 aromatic carbocycles. The van der Waals surface area contributed by atoms with Crippen molar-refractivity contribution in [2.45, 2.75) is 19.8 Å². The first-order valence-corrected chi connectivity index (χ1v) is 9.13. The van der Waals surface area contributed by atoms with Gasteiger partial charge in [-0.2, -0.15) is 5.10 Å². The van der Waals surface area contributed by atoms with Crippen molar-refractivity contribution in [3.05, 3.63) is 60.6 Å². The molecular weight excluding hydrogens is 386 g/mol. The second-order valence-electron chi connectivity index (χ2n) is 6.79. The van der Waals surface area contributed by atoms with Crippen molar-refractivity contribution < 1.29 is 0 Å². The van der Waals surface area contributed by atoms with E-state index in [-0.39, 0.29) is 12.4 Å². The van der Waals surface area contributed by atoms with Crippen LogP contribution in [0.5, 0.6) is 0 Å². The Morgan fingerprint density at radius 2 is 1.69 bits per heavy atom. The van der Waals surface area contributed by atoms with E-state index in [0.29, 0.717) is 17.6 Å². The maximum atomic E-state index is 4.70. The van der Waals surface area contributed by atoms with Gasteiger partial charge in [-0.15, -0.1) is 17.5 Å². The van der Waals surface area contributed by atoms with Crippen molar-refractivity contribution in [3.63, 3.8) is 0 Å². The smallest absolute Gasteiger partial charge is 0.154 e. The van der Waals surface area contributed by atoms with Crippen LogP contribution in [-0.4, -0.2) is 32.2 Å². The van der Waals surface area contributed by atoms with Gasteiger partial charge in [-0.1, -0.05) is 13.8 Å². The minimum absolute atomic E-state index is 0. The summed E-state index contributed by atoms with van der Waals surface area (Å²) in [6, 6.07) is 11.8. The molecule has 0 fully saturated rings. The molecule has 4 aromatic rings. The van der Waals surface area contributed by atoms with Crippen molar-refractivity contribution in [3.8, 4) is 11.1 Å². The lowest BCUT2D eigenvalue weighted by molar-refractivity contribution is 0.843. The first kappa shape index (κ1) is 20.4. The topological polar surface area (TPSA) is 88.5 Å². The number of aromatic nitrogens is 5. The van der Waals surface area contributed by atoms with Gasteiger partial charge in [-0.05, 0) is 53.4 Å². The molecule has 8 heteroatoms. The first-order valence-electron chi connectivity index (χ1n) is 9.13. The Morgan fingerprint density at radius 1 is 0.828 bits per heavy atom. The van der Waals surface area contributed by atoms with E-state index in [1.54, 1.807) is 12.4 Å². The van der Waals surface area contributed by atoms with Gasteiger partial charge >= 0.3 is 0 Å². The second-order valence-corrected chi connectivity index (χ2v) is 6.79. The van der Waals surface area contributed by atoms with Crippen molar-refractivity contribution in [2.24, 2.45) is 0 Å². The molecule has 0 saturated heterocycles. The highest BCUT2D eigenvalue weighted by atomic mass is 35.5. The van der Waals surface area contributed by atoms with E-state index in [1.807, 2.05) is 49.6 Å². The third-order valence-electron chi connectivity index (χ3n) is 4.49. The molecule has 148 valence electrons. The summed E-state index contributed by atoms with van der Waals surface area (Å²) >= 11 is 0. The molecule has 0 amide bonds. The van der Waals surface area contributed by atoms with Gasteiger partial charge in [0.1, 0.15) is 11.6 Å². The molecule has 0 saturated carbocycles. The number of hydrogen-bond donors (Lipinski definition) is 2. The summed E-state index contributed by atoms with van der Waals surface area (Å²) in [7, 11) is 1.85. The van der Waals surface area contributed by atoms with Crippen LogP contribution in [-0.2, 0) is 0 Å². The van der Waals surface area contributed by atoms with Crippen LogP contribution in [0.4, 0.5) is 17.5 Å². The Hall–Kier alpha value is -3.32. The van der Waals surface area contributed by atoms with E-state index in [9.17, 15) is 0 Å². The monoisotopic (exact) mass is 407 g/mol. The predicted octanol–water partition coefficient (Wildman–Crippen LogP) is 4.81. The van der Waals surface area contributed by atoms with E-state index in [4.69, 9.17) is 4.98 Å². The Bertz CT molecular complexity index is 1130. The standard InChI is InChI=1S/C21H21N7.ClH/c1-13(2)15-10-21(28-25-12-15)27-19-5-4-17-18(26-19)8-16(11-24-17)14-6-7-23-20(9-14)22-3;/h4-13H,1-3H3,(H,22,23)(H,26,27,28);1H. The number of nitrogens with zero attached hydrogens (tertiary/aromatic N) is 5. The zero-order valence-electron chi connectivity index (χ0n) is 16.4. The van der Waals surface area contributed by atoms with Gasteiger partial charge in [0.05, 0.1) is 17.2 Å². The lowest BCUT2D eigenvalue weighted by Gasteiger charge is -2.09. The molecule has 4 heterocycles. The Labute approximate surface area is 175 Å². The molecule has 0 atom stereocenters. The molecule has 4 aromatic heterocycles. The highest BCUT2D eigenvalue weighted by Gasteiger charge is 2.07. The lowest BCUT2D eigenvalue weighted by Crippen LogP contribution is -2.00. The van der Waals surface area contributed by atoms with Crippen molar-refractivity contribution in [1.82, 2.24) is 25.1 Å². The largest absolute Gasteiger partial charge is 0.373 e. The summed E-state index contributed by atoms with van der Waals surface area (Å²) in [5, 5.41) is 14.5.